The molecule has 6 nitrogen and oxygen atoms in total. The average molecular weight is 560 g/mol. The smallest absolute Gasteiger partial charge is 0.373 e. The number of aromatic nitrogens is 2. The number of aryl methyl sites for hydroxylation is 1. The normalized spacial score (nSPS) is 17.3. The van der Waals surface area contributed by atoms with E-state index in [2.05, 4.69) is 10.3 Å². The van der Waals surface area contributed by atoms with E-state index in [4.69, 9.17) is 16.3 Å². The first-order chi connectivity index (χ1) is 17.8. The minimum Gasteiger partial charge on any atom is -0.373 e. The number of ether oxygens (including phenoxy) is 1. The molecule has 0 saturated heterocycles. The van der Waals surface area contributed by atoms with Gasteiger partial charge in [-0.15, -0.1) is 0 Å². The van der Waals surface area contributed by atoms with Crippen LogP contribution in [0.2, 0.25) is 5.02 Å². The number of alkyl halides is 3. The molecule has 0 unspecified atom stereocenters. The lowest BCUT2D eigenvalue weighted by molar-refractivity contribution is -0.137. The van der Waals surface area contributed by atoms with Crippen molar-refractivity contribution in [3.8, 4) is 11.4 Å². The van der Waals surface area contributed by atoms with Gasteiger partial charge in [0.1, 0.15) is 17.5 Å². The number of H-pyrrole nitrogens is 1. The predicted octanol–water partition coefficient (Wildman–Crippen LogP) is 5.45. The summed E-state index contributed by atoms with van der Waals surface area (Å²) in [6, 6.07) is 5.46. The van der Waals surface area contributed by atoms with E-state index < -0.39 is 70.2 Å². The third-order valence-corrected chi connectivity index (χ3v) is 6.34. The van der Waals surface area contributed by atoms with E-state index in [1.165, 1.54) is 6.07 Å². The van der Waals surface area contributed by atoms with Crippen molar-refractivity contribution >= 4 is 17.5 Å². The zero-order valence-electron chi connectivity index (χ0n) is 19.7. The Kier molecular flexibility index (Phi) is 7.84. The van der Waals surface area contributed by atoms with Crippen LogP contribution in [0.5, 0.6) is 0 Å². The number of benzene rings is 2. The Morgan fingerprint density at radius 3 is 2.50 bits per heavy atom. The number of nitrogens with one attached hydrogen (secondary N) is 2. The first-order valence-corrected chi connectivity index (χ1v) is 11.7. The van der Waals surface area contributed by atoms with Gasteiger partial charge in [-0.05, 0) is 49.6 Å². The molecule has 2 N–H and O–H groups in total. The van der Waals surface area contributed by atoms with Crippen LogP contribution in [-0.2, 0) is 28.9 Å². The Morgan fingerprint density at radius 2 is 1.87 bits per heavy atom. The zero-order chi connectivity index (χ0) is 27.8. The van der Waals surface area contributed by atoms with Gasteiger partial charge >= 0.3 is 6.18 Å². The minimum atomic E-state index is -5.00. The quantitative estimate of drug-likeness (QED) is 0.377. The van der Waals surface area contributed by atoms with Gasteiger partial charge in [-0.3, -0.25) is 9.59 Å². The van der Waals surface area contributed by atoms with Gasteiger partial charge in [-0.25, -0.2) is 13.8 Å². The number of hydrogen-bond donors (Lipinski definition) is 2. The fraction of sp³-hybridized carbons (Fsp3) is 0.320. The lowest BCUT2D eigenvalue weighted by Crippen LogP contribution is -2.42. The minimum absolute atomic E-state index is 0.0923. The van der Waals surface area contributed by atoms with Crippen molar-refractivity contribution in [3.05, 3.63) is 85.5 Å². The molecule has 38 heavy (non-hydrogen) atoms. The summed E-state index contributed by atoms with van der Waals surface area (Å²) in [7, 11) is 0. The summed E-state index contributed by atoms with van der Waals surface area (Å²) < 4.78 is 88.7. The zero-order valence-corrected chi connectivity index (χ0v) is 20.4. The van der Waals surface area contributed by atoms with Crippen LogP contribution in [0.15, 0.2) is 35.1 Å². The van der Waals surface area contributed by atoms with Crippen molar-refractivity contribution in [3.63, 3.8) is 0 Å². The Balaban J connectivity index is 1.42. The maximum absolute atomic E-state index is 15.3. The molecule has 4 rings (SSSR count). The summed E-state index contributed by atoms with van der Waals surface area (Å²) in [5.74, 6) is -4.87. The molecule has 13 heteroatoms. The average Bonchev–Trinajstić information content (AvgIpc) is 2.79. The summed E-state index contributed by atoms with van der Waals surface area (Å²) in [6.45, 7) is 0.714. The molecule has 0 atom stereocenters. The molecule has 202 valence electrons. The van der Waals surface area contributed by atoms with Crippen LogP contribution < -0.4 is 10.9 Å². The van der Waals surface area contributed by atoms with Gasteiger partial charge in [0.2, 0.25) is 11.7 Å². The van der Waals surface area contributed by atoms with Crippen molar-refractivity contribution in [2.45, 2.75) is 45.2 Å². The molecular formula is C25H20ClF6N3O3. The Bertz CT molecular complexity index is 1420. The largest absolute Gasteiger partial charge is 0.417 e. The molecule has 3 aromatic rings. The van der Waals surface area contributed by atoms with Crippen LogP contribution >= 0.6 is 11.6 Å². The van der Waals surface area contributed by atoms with Gasteiger partial charge < -0.3 is 15.0 Å². The van der Waals surface area contributed by atoms with E-state index in [0.717, 1.165) is 19.1 Å². The van der Waals surface area contributed by atoms with Crippen LogP contribution in [0.1, 0.15) is 35.2 Å². The van der Waals surface area contributed by atoms with Crippen LogP contribution in [-0.4, -0.2) is 22.0 Å². The third-order valence-electron chi connectivity index (χ3n) is 6.12. The Hall–Kier alpha value is -3.38. The maximum atomic E-state index is 15.3. The molecule has 1 aliphatic carbocycles. The highest BCUT2D eigenvalue weighted by molar-refractivity contribution is 6.30. The number of nitrogens with zero attached hydrogens (tertiary/aromatic N) is 1. The summed E-state index contributed by atoms with van der Waals surface area (Å²) in [5, 5.41) is 2.71. The van der Waals surface area contributed by atoms with E-state index in [-0.39, 0.29) is 23.3 Å². The van der Waals surface area contributed by atoms with Crippen molar-refractivity contribution in [2.24, 2.45) is 5.92 Å². The first-order valence-electron chi connectivity index (χ1n) is 11.3. The van der Waals surface area contributed by atoms with E-state index in [1.807, 2.05) is 4.98 Å². The van der Waals surface area contributed by atoms with E-state index in [9.17, 15) is 31.5 Å². The topological polar surface area (TPSA) is 84.1 Å². The monoisotopic (exact) mass is 559 g/mol. The summed E-state index contributed by atoms with van der Waals surface area (Å²) in [5.41, 5.74) is -4.08. The molecule has 1 aromatic heterocycles. The number of carbonyl (C=O) groups is 1. The second kappa shape index (κ2) is 10.8. The summed E-state index contributed by atoms with van der Waals surface area (Å²) in [6.07, 6.45) is -4.59. The summed E-state index contributed by atoms with van der Waals surface area (Å²) in [4.78, 5) is 29.7. The molecule has 1 saturated carbocycles. The number of aromatic amines is 1. The number of hydrogen-bond acceptors (Lipinski definition) is 4. The molecular weight excluding hydrogens is 540 g/mol. The Labute approximate surface area is 217 Å². The van der Waals surface area contributed by atoms with Gasteiger partial charge in [-0.1, -0.05) is 17.7 Å². The van der Waals surface area contributed by atoms with E-state index in [1.54, 1.807) is 6.07 Å². The number of amides is 1. The van der Waals surface area contributed by atoms with Crippen LogP contribution in [0, 0.1) is 30.3 Å². The molecule has 1 heterocycles. The molecule has 0 aliphatic heterocycles. The third kappa shape index (κ3) is 6.02. The second-order valence-corrected chi connectivity index (χ2v) is 9.31. The maximum Gasteiger partial charge on any atom is 0.417 e. The van der Waals surface area contributed by atoms with Gasteiger partial charge in [-0.2, -0.15) is 17.6 Å². The highest BCUT2D eigenvalue weighted by Crippen LogP contribution is 2.38. The van der Waals surface area contributed by atoms with Crippen LogP contribution in [0.25, 0.3) is 11.4 Å². The van der Waals surface area contributed by atoms with Crippen LogP contribution in [0.3, 0.4) is 0 Å². The van der Waals surface area contributed by atoms with Gasteiger partial charge in [0.15, 0.2) is 0 Å². The van der Waals surface area contributed by atoms with Gasteiger partial charge in [0.25, 0.3) is 5.56 Å². The van der Waals surface area contributed by atoms with E-state index >= 15 is 4.39 Å². The molecule has 1 aliphatic rings. The van der Waals surface area contributed by atoms with Crippen molar-refractivity contribution < 1.29 is 35.9 Å². The van der Waals surface area contributed by atoms with Gasteiger partial charge in [0, 0.05) is 23.0 Å². The SMILES string of the molecule is Cc1nc(-c2c(C(F)(F)F)ccc(CNC(=O)[C@H]3C[C@H](OCc4cc(F)cc(Cl)c4)C3)c2F)[nH]c(=O)c1F. The van der Waals surface area contributed by atoms with E-state index in [0.29, 0.717) is 24.5 Å². The fourth-order valence-corrected chi connectivity index (χ4v) is 4.31. The predicted molar refractivity (Wildman–Crippen MR) is 125 cm³/mol. The molecule has 1 amide bonds. The molecule has 2 aromatic carbocycles. The lowest BCUT2D eigenvalue weighted by atomic mass is 9.81. The van der Waals surface area contributed by atoms with Crippen LogP contribution in [0.4, 0.5) is 26.3 Å². The van der Waals surface area contributed by atoms with Crippen molar-refractivity contribution in [1.29, 1.82) is 0 Å². The fourth-order valence-electron chi connectivity index (χ4n) is 4.06. The van der Waals surface area contributed by atoms with Crippen molar-refractivity contribution in [2.75, 3.05) is 0 Å². The molecule has 1 fully saturated rings. The number of rotatable bonds is 7. The standard InChI is InChI=1S/C25H20ClF6N3O3/c1-11-20(28)24(37)35-22(34-11)19-18(25(30,31)32)3-2-13(21(19)29)9-33-23(36)14-6-17(7-14)38-10-12-4-15(26)8-16(27)5-12/h2-5,8,14,17H,6-7,9-10H2,1H3,(H,33,36)(H,34,35,37)/t14-,17-. The summed E-state index contributed by atoms with van der Waals surface area (Å²) >= 11 is 5.80. The Morgan fingerprint density at radius 1 is 1.16 bits per heavy atom. The highest BCUT2D eigenvalue weighted by Gasteiger charge is 2.38. The lowest BCUT2D eigenvalue weighted by Gasteiger charge is -2.34. The number of carbonyl (C=O) groups excluding carboxylic acids is 1. The van der Waals surface area contributed by atoms with Crippen molar-refractivity contribution in [1.82, 2.24) is 15.3 Å². The first kappa shape index (κ1) is 27.6. The molecule has 0 radical (unpaired) electrons. The second-order valence-electron chi connectivity index (χ2n) is 8.87. The highest BCUT2D eigenvalue weighted by atomic mass is 35.5. The van der Waals surface area contributed by atoms with Gasteiger partial charge in [0.05, 0.1) is 29.5 Å². The molecule has 0 spiro atoms. The molecule has 0 bridgehead atoms. The number of halogens is 7.